The van der Waals surface area contributed by atoms with E-state index in [-0.39, 0.29) is 13.0 Å². The molecule has 0 saturated heterocycles. The molecule has 1 aromatic heterocycles. The van der Waals surface area contributed by atoms with Gasteiger partial charge in [-0.25, -0.2) is 9.78 Å². The van der Waals surface area contributed by atoms with Gasteiger partial charge in [-0.1, -0.05) is 12.1 Å². The molecule has 0 aliphatic heterocycles. The first-order valence-electron chi connectivity index (χ1n) is 9.54. The highest BCUT2D eigenvalue weighted by Crippen LogP contribution is 2.33. The molecule has 0 aliphatic rings. The Morgan fingerprint density at radius 1 is 1.10 bits per heavy atom. The van der Waals surface area contributed by atoms with Crippen LogP contribution in [0.25, 0.3) is 11.3 Å². The number of benzene rings is 2. The van der Waals surface area contributed by atoms with Crippen molar-refractivity contribution in [3.63, 3.8) is 0 Å². The Balaban J connectivity index is 2.03. The van der Waals surface area contributed by atoms with Gasteiger partial charge >= 0.3 is 11.9 Å². The van der Waals surface area contributed by atoms with Crippen molar-refractivity contribution in [2.75, 3.05) is 20.8 Å². The Hall–Kier alpha value is -3.94. The molecular formula is C23H22N2O6. The molecule has 0 aliphatic carbocycles. The van der Waals surface area contributed by atoms with Crippen LogP contribution < -0.4 is 4.74 Å². The van der Waals surface area contributed by atoms with Gasteiger partial charge in [0.2, 0.25) is 0 Å². The third-order valence-corrected chi connectivity index (χ3v) is 4.38. The van der Waals surface area contributed by atoms with Crippen LogP contribution in [0.1, 0.15) is 29.3 Å². The molecule has 0 amide bonds. The van der Waals surface area contributed by atoms with Crippen LogP contribution in [-0.4, -0.2) is 43.5 Å². The van der Waals surface area contributed by atoms with E-state index in [0.717, 1.165) is 5.56 Å². The lowest BCUT2D eigenvalue weighted by Gasteiger charge is -2.10. The summed E-state index contributed by atoms with van der Waals surface area (Å²) in [6, 6.07) is 12.0. The summed E-state index contributed by atoms with van der Waals surface area (Å²) < 4.78 is 20.7. The van der Waals surface area contributed by atoms with Crippen LogP contribution in [0.15, 0.2) is 64.5 Å². The van der Waals surface area contributed by atoms with Crippen LogP contribution in [0, 0.1) is 0 Å². The van der Waals surface area contributed by atoms with E-state index in [1.807, 2.05) is 0 Å². The van der Waals surface area contributed by atoms with Crippen molar-refractivity contribution < 1.29 is 28.2 Å². The summed E-state index contributed by atoms with van der Waals surface area (Å²) in [5, 5.41) is 0. The molecule has 160 valence electrons. The molecular weight excluding hydrogens is 400 g/mol. The first-order chi connectivity index (χ1) is 15.0. The lowest BCUT2D eigenvalue weighted by Crippen LogP contribution is -2.13. The Morgan fingerprint density at radius 3 is 2.58 bits per heavy atom. The van der Waals surface area contributed by atoms with Crippen LogP contribution in [0.5, 0.6) is 5.75 Å². The summed E-state index contributed by atoms with van der Waals surface area (Å²) in [6.07, 6.45) is 2.86. The lowest BCUT2D eigenvalue weighted by atomic mass is 10.0. The van der Waals surface area contributed by atoms with E-state index in [1.54, 1.807) is 62.7 Å². The van der Waals surface area contributed by atoms with E-state index in [9.17, 15) is 9.59 Å². The molecule has 0 spiro atoms. The fourth-order valence-electron chi connectivity index (χ4n) is 2.96. The highest BCUT2D eigenvalue weighted by atomic mass is 16.5. The number of ether oxygens (including phenoxy) is 3. The number of hydrogen-bond acceptors (Lipinski definition) is 8. The molecule has 0 N–H and O–H groups in total. The summed E-state index contributed by atoms with van der Waals surface area (Å²) in [5.41, 5.74) is 2.68. The van der Waals surface area contributed by atoms with Gasteiger partial charge in [0.15, 0.2) is 12.2 Å². The van der Waals surface area contributed by atoms with E-state index in [2.05, 4.69) is 9.98 Å². The number of carbonyl (C=O) groups excluding carboxylic acids is 2. The van der Waals surface area contributed by atoms with Gasteiger partial charge in [0.25, 0.3) is 0 Å². The SMILES string of the molecule is CCOC(=O)CC(=Nc1ccc(-c2cnco2)c(OC)c1)c1cccc(C(=O)OC)c1. The summed E-state index contributed by atoms with van der Waals surface area (Å²) in [5.74, 6) is 0.201. The molecule has 8 nitrogen and oxygen atoms in total. The molecule has 1 heterocycles. The molecule has 0 fully saturated rings. The van der Waals surface area contributed by atoms with Gasteiger partial charge in [-0.2, -0.15) is 0 Å². The summed E-state index contributed by atoms with van der Waals surface area (Å²) in [4.78, 5) is 32.7. The zero-order chi connectivity index (χ0) is 22.2. The van der Waals surface area contributed by atoms with E-state index in [0.29, 0.717) is 34.0 Å². The lowest BCUT2D eigenvalue weighted by molar-refractivity contribution is -0.141. The first-order valence-corrected chi connectivity index (χ1v) is 9.54. The molecule has 3 rings (SSSR count). The quantitative estimate of drug-likeness (QED) is 0.396. The van der Waals surface area contributed by atoms with Crippen LogP contribution >= 0.6 is 0 Å². The summed E-state index contributed by atoms with van der Waals surface area (Å²) in [6.45, 7) is 1.99. The number of aromatic nitrogens is 1. The maximum absolute atomic E-state index is 12.2. The second-order valence-electron chi connectivity index (χ2n) is 6.36. The van der Waals surface area contributed by atoms with Crippen molar-refractivity contribution in [2.45, 2.75) is 13.3 Å². The van der Waals surface area contributed by atoms with Gasteiger partial charge < -0.3 is 18.6 Å². The molecule has 2 aromatic carbocycles. The molecule has 0 saturated carbocycles. The number of oxazole rings is 1. The van der Waals surface area contributed by atoms with Crippen LogP contribution in [0.2, 0.25) is 0 Å². The zero-order valence-electron chi connectivity index (χ0n) is 17.5. The minimum absolute atomic E-state index is 0.0648. The smallest absolute Gasteiger partial charge is 0.337 e. The first kappa shape index (κ1) is 21.8. The molecule has 0 unspecified atom stereocenters. The fraction of sp³-hybridized carbons (Fsp3) is 0.217. The predicted octanol–water partition coefficient (Wildman–Crippen LogP) is 4.21. The van der Waals surface area contributed by atoms with E-state index < -0.39 is 11.9 Å². The van der Waals surface area contributed by atoms with Gasteiger partial charge in [-0.05, 0) is 36.8 Å². The van der Waals surface area contributed by atoms with E-state index >= 15 is 0 Å². The number of rotatable bonds is 8. The highest BCUT2D eigenvalue weighted by molar-refractivity contribution is 6.11. The van der Waals surface area contributed by atoms with Crippen molar-refractivity contribution in [3.05, 3.63) is 66.2 Å². The highest BCUT2D eigenvalue weighted by Gasteiger charge is 2.15. The molecule has 8 heteroatoms. The summed E-state index contributed by atoms with van der Waals surface area (Å²) in [7, 11) is 2.85. The van der Waals surface area contributed by atoms with Crippen molar-refractivity contribution in [3.8, 4) is 17.1 Å². The number of methoxy groups -OCH3 is 2. The Morgan fingerprint density at radius 2 is 1.90 bits per heavy atom. The van der Waals surface area contributed by atoms with Gasteiger partial charge in [0, 0.05) is 6.07 Å². The third-order valence-electron chi connectivity index (χ3n) is 4.38. The normalized spacial score (nSPS) is 11.1. The maximum atomic E-state index is 12.2. The number of hydrogen-bond donors (Lipinski definition) is 0. The Kier molecular flexibility index (Phi) is 7.16. The van der Waals surface area contributed by atoms with Crippen LogP contribution in [0.3, 0.4) is 0 Å². The van der Waals surface area contributed by atoms with Crippen LogP contribution in [0.4, 0.5) is 5.69 Å². The maximum Gasteiger partial charge on any atom is 0.337 e. The fourth-order valence-corrected chi connectivity index (χ4v) is 2.96. The standard InChI is InChI=1S/C23H22N2O6/c1-4-30-22(26)12-19(15-6-5-7-16(10-15)23(27)29-3)25-17-8-9-18(20(11-17)28-2)21-13-24-14-31-21/h5-11,13-14H,4,12H2,1-3H3. The van der Waals surface area contributed by atoms with Gasteiger partial charge in [-0.3, -0.25) is 9.79 Å². The number of aliphatic imine (C=N–C) groups is 1. The average Bonchev–Trinajstić information content (AvgIpc) is 3.33. The van der Waals surface area contributed by atoms with Crippen molar-refractivity contribution in [1.82, 2.24) is 4.98 Å². The minimum atomic E-state index is -0.476. The van der Waals surface area contributed by atoms with Crippen molar-refractivity contribution in [1.29, 1.82) is 0 Å². The second kappa shape index (κ2) is 10.2. The Bertz CT molecular complexity index is 1090. The van der Waals surface area contributed by atoms with Crippen molar-refractivity contribution >= 4 is 23.3 Å². The zero-order valence-corrected chi connectivity index (χ0v) is 17.5. The second-order valence-corrected chi connectivity index (χ2v) is 6.36. The van der Waals surface area contributed by atoms with Crippen LogP contribution in [-0.2, 0) is 14.3 Å². The molecule has 0 bridgehead atoms. The van der Waals surface area contributed by atoms with E-state index in [1.165, 1.54) is 13.5 Å². The molecule has 0 atom stereocenters. The average molecular weight is 422 g/mol. The molecule has 0 radical (unpaired) electrons. The number of nitrogens with zero attached hydrogens (tertiary/aromatic N) is 2. The predicted molar refractivity (Wildman–Crippen MR) is 114 cm³/mol. The largest absolute Gasteiger partial charge is 0.496 e. The monoisotopic (exact) mass is 422 g/mol. The van der Waals surface area contributed by atoms with Gasteiger partial charge in [-0.15, -0.1) is 0 Å². The minimum Gasteiger partial charge on any atom is -0.496 e. The number of carbonyl (C=O) groups is 2. The molecule has 31 heavy (non-hydrogen) atoms. The topological polar surface area (TPSA) is 100 Å². The third kappa shape index (κ3) is 5.36. The van der Waals surface area contributed by atoms with Gasteiger partial charge in [0.05, 0.1) is 56.0 Å². The number of esters is 2. The Labute approximate surface area is 179 Å². The van der Waals surface area contributed by atoms with Crippen molar-refractivity contribution in [2.24, 2.45) is 4.99 Å². The molecule has 3 aromatic rings. The van der Waals surface area contributed by atoms with E-state index in [4.69, 9.17) is 18.6 Å². The van der Waals surface area contributed by atoms with Gasteiger partial charge in [0.1, 0.15) is 5.75 Å². The summed E-state index contributed by atoms with van der Waals surface area (Å²) >= 11 is 0.